The van der Waals surface area contributed by atoms with E-state index < -0.39 is 17.9 Å². The first-order valence-corrected chi connectivity index (χ1v) is 4.73. The van der Waals surface area contributed by atoms with Crippen LogP contribution >= 0.6 is 11.8 Å². The maximum absolute atomic E-state index is 12.7. The molecule has 0 aliphatic rings. The Bertz CT molecular complexity index is 324. The molecule has 0 aliphatic carbocycles. The molecular formula is C8H6F4OS. The zero-order valence-electron chi connectivity index (χ0n) is 7.06. The fourth-order valence-corrected chi connectivity index (χ4v) is 1.31. The summed E-state index contributed by atoms with van der Waals surface area (Å²) in [5, 5.41) is 0. The molecule has 1 nitrogen and oxygen atoms in total. The highest BCUT2D eigenvalue weighted by molar-refractivity contribution is 7.98. The van der Waals surface area contributed by atoms with Gasteiger partial charge in [-0.2, -0.15) is 0 Å². The molecule has 0 fully saturated rings. The molecular weight excluding hydrogens is 220 g/mol. The minimum atomic E-state index is -4.79. The summed E-state index contributed by atoms with van der Waals surface area (Å²) >= 11 is 1.14. The molecule has 0 aliphatic heterocycles. The Kier molecular flexibility index (Phi) is 3.25. The minimum absolute atomic E-state index is 0.379. The second-order valence-corrected chi connectivity index (χ2v) is 3.25. The molecule has 0 bridgehead atoms. The summed E-state index contributed by atoms with van der Waals surface area (Å²) < 4.78 is 51.6. The van der Waals surface area contributed by atoms with Crippen LogP contribution in [-0.2, 0) is 0 Å². The van der Waals surface area contributed by atoms with Gasteiger partial charge in [-0.15, -0.1) is 24.9 Å². The van der Waals surface area contributed by atoms with E-state index in [0.717, 1.165) is 23.9 Å². The van der Waals surface area contributed by atoms with Crippen LogP contribution in [0.2, 0.25) is 0 Å². The normalized spacial score (nSPS) is 11.5. The SMILES string of the molecule is CSc1cc(F)cc(OC(F)(F)F)c1. The summed E-state index contributed by atoms with van der Waals surface area (Å²) in [5.74, 6) is -1.29. The van der Waals surface area contributed by atoms with Gasteiger partial charge in [0.05, 0.1) is 0 Å². The Labute approximate surface area is 82.1 Å². The molecule has 0 aromatic heterocycles. The lowest BCUT2D eigenvalue weighted by molar-refractivity contribution is -0.274. The predicted molar refractivity (Wildman–Crippen MR) is 44.9 cm³/mol. The minimum Gasteiger partial charge on any atom is -0.406 e. The maximum atomic E-state index is 12.7. The summed E-state index contributed by atoms with van der Waals surface area (Å²) in [7, 11) is 0. The summed E-state index contributed by atoms with van der Waals surface area (Å²) in [6.07, 6.45) is -3.16. The van der Waals surface area contributed by atoms with Crippen LogP contribution in [0.5, 0.6) is 5.75 Å². The first-order valence-electron chi connectivity index (χ1n) is 3.51. The largest absolute Gasteiger partial charge is 0.573 e. The molecule has 0 unspecified atom stereocenters. The van der Waals surface area contributed by atoms with Crippen molar-refractivity contribution in [2.75, 3.05) is 6.26 Å². The van der Waals surface area contributed by atoms with Gasteiger partial charge in [-0.05, 0) is 18.4 Å². The van der Waals surface area contributed by atoms with Crippen molar-refractivity contribution in [3.63, 3.8) is 0 Å². The molecule has 0 spiro atoms. The van der Waals surface area contributed by atoms with E-state index in [2.05, 4.69) is 4.74 Å². The van der Waals surface area contributed by atoms with Crippen LogP contribution in [-0.4, -0.2) is 12.6 Å². The molecule has 6 heteroatoms. The van der Waals surface area contributed by atoms with Crippen LogP contribution in [0, 0.1) is 5.82 Å². The Morgan fingerprint density at radius 1 is 1.21 bits per heavy atom. The Morgan fingerprint density at radius 3 is 2.36 bits per heavy atom. The smallest absolute Gasteiger partial charge is 0.406 e. The number of hydrogen-bond donors (Lipinski definition) is 0. The molecule has 78 valence electrons. The molecule has 0 saturated heterocycles. The molecule has 1 rings (SSSR count). The van der Waals surface area contributed by atoms with Crippen molar-refractivity contribution < 1.29 is 22.3 Å². The lowest BCUT2D eigenvalue weighted by Gasteiger charge is -2.09. The third-order valence-corrected chi connectivity index (χ3v) is 2.02. The number of hydrogen-bond acceptors (Lipinski definition) is 2. The molecule has 0 N–H and O–H groups in total. The summed E-state index contributed by atoms with van der Waals surface area (Å²) in [6.45, 7) is 0. The second kappa shape index (κ2) is 4.08. The third kappa shape index (κ3) is 3.45. The van der Waals surface area contributed by atoms with Crippen LogP contribution < -0.4 is 4.74 Å². The highest BCUT2D eigenvalue weighted by Gasteiger charge is 2.31. The first-order chi connectivity index (χ1) is 6.40. The molecule has 0 heterocycles. The average molecular weight is 226 g/mol. The van der Waals surface area contributed by atoms with Gasteiger partial charge in [0.1, 0.15) is 11.6 Å². The molecule has 0 amide bonds. The van der Waals surface area contributed by atoms with Crippen LogP contribution in [0.1, 0.15) is 0 Å². The third-order valence-electron chi connectivity index (χ3n) is 1.31. The van der Waals surface area contributed by atoms with E-state index in [9.17, 15) is 17.6 Å². The molecule has 0 radical (unpaired) electrons. The van der Waals surface area contributed by atoms with Crippen LogP contribution in [0.25, 0.3) is 0 Å². The van der Waals surface area contributed by atoms with Crippen molar-refractivity contribution in [3.8, 4) is 5.75 Å². The van der Waals surface area contributed by atoms with Crippen LogP contribution in [0.15, 0.2) is 23.1 Å². The van der Waals surface area contributed by atoms with E-state index in [-0.39, 0.29) is 0 Å². The fraction of sp³-hybridized carbons (Fsp3) is 0.250. The molecule has 0 atom stereocenters. The fourth-order valence-electron chi connectivity index (χ4n) is 0.847. The van der Waals surface area contributed by atoms with E-state index in [4.69, 9.17) is 0 Å². The lowest BCUT2D eigenvalue weighted by atomic mass is 10.3. The van der Waals surface area contributed by atoms with Gasteiger partial charge in [0, 0.05) is 11.0 Å². The van der Waals surface area contributed by atoms with Gasteiger partial charge < -0.3 is 4.74 Å². The summed E-state index contributed by atoms with van der Waals surface area (Å²) in [6, 6.07) is 2.95. The number of benzene rings is 1. The first kappa shape index (κ1) is 11.2. The van der Waals surface area contributed by atoms with E-state index in [0.29, 0.717) is 11.0 Å². The standard InChI is InChI=1S/C8H6F4OS/c1-14-7-3-5(9)2-6(4-7)13-8(10,11)12/h2-4H,1H3. The van der Waals surface area contributed by atoms with Crippen molar-refractivity contribution in [2.45, 2.75) is 11.3 Å². The molecule has 0 saturated carbocycles. The van der Waals surface area contributed by atoms with E-state index in [1.807, 2.05) is 0 Å². The second-order valence-electron chi connectivity index (χ2n) is 2.37. The van der Waals surface area contributed by atoms with E-state index in [1.165, 1.54) is 0 Å². The number of halogens is 4. The van der Waals surface area contributed by atoms with Crippen molar-refractivity contribution in [1.82, 2.24) is 0 Å². The number of ether oxygens (including phenoxy) is 1. The number of alkyl halides is 3. The van der Waals surface area contributed by atoms with E-state index >= 15 is 0 Å². The van der Waals surface area contributed by atoms with Crippen molar-refractivity contribution in [2.24, 2.45) is 0 Å². The van der Waals surface area contributed by atoms with Crippen molar-refractivity contribution >= 4 is 11.8 Å². The highest BCUT2D eigenvalue weighted by Crippen LogP contribution is 2.27. The highest BCUT2D eigenvalue weighted by atomic mass is 32.2. The number of rotatable bonds is 2. The van der Waals surface area contributed by atoms with Crippen LogP contribution in [0.3, 0.4) is 0 Å². The van der Waals surface area contributed by atoms with Gasteiger partial charge in [-0.3, -0.25) is 0 Å². The van der Waals surface area contributed by atoms with Gasteiger partial charge in [0.25, 0.3) is 0 Å². The lowest BCUT2D eigenvalue weighted by Crippen LogP contribution is -2.17. The average Bonchev–Trinajstić information content (AvgIpc) is 1.99. The maximum Gasteiger partial charge on any atom is 0.573 e. The molecule has 1 aromatic rings. The quantitative estimate of drug-likeness (QED) is 0.564. The Morgan fingerprint density at radius 2 is 1.86 bits per heavy atom. The van der Waals surface area contributed by atoms with Gasteiger partial charge >= 0.3 is 6.36 Å². The van der Waals surface area contributed by atoms with Gasteiger partial charge in [-0.25, -0.2) is 4.39 Å². The summed E-state index contributed by atoms with van der Waals surface area (Å²) in [5.41, 5.74) is 0. The van der Waals surface area contributed by atoms with Gasteiger partial charge in [0.15, 0.2) is 0 Å². The monoisotopic (exact) mass is 226 g/mol. The van der Waals surface area contributed by atoms with Crippen molar-refractivity contribution in [3.05, 3.63) is 24.0 Å². The Balaban J connectivity index is 2.92. The molecule has 1 aromatic carbocycles. The van der Waals surface area contributed by atoms with E-state index in [1.54, 1.807) is 6.26 Å². The predicted octanol–water partition coefficient (Wildman–Crippen LogP) is 3.45. The number of thioether (sulfide) groups is 1. The molecule has 14 heavy (non-hydrogen) atoms. The van der Waals surface area contributed by atoms with Crippen molar-refractivity contribution in [1.29, 1.82) is 0 Å². The topological polar surface area (TPSA) is 9.23 Å². The van der Waals surface area contributed by atoms with Crippen LogP contribution in [0.4, 0.5) is 17.6 Å². The zero-order chi connectivity index (χ0) is 10.8. The zero-order valence-corrected chi connectivity index (χ0v) is 7.88. The van der Waals surface area contributed by atoms with Gasteiger partial charge in [0.2, 0.25) is 0 Å². The summed E-state index contributed by atoms with van der Waals surface area (Å²) in [4.78, 5) is 0.379. The Hall–Kier alpha value is -0.910. The van der Waals surface area contributed by atoms with Gasteiger partial charge in [-0.1, -0.05) is 0 Å².